The van der Waals surface area contributed by atoms with Crippen LogP contribution in [-0.4, -0.2) is 58.4 Å². The maximum atomic E-state index is 13.9. The number of halogens is 4. The number of amides is 1. The van der Waals surface area contributed by atoms with Gasteiger partial charge in [0.2, 0.25) is 5.91 Å². The summed E-state index contributed by atoms with van der Waals surface area (Å²) in [6.07, 6.45) is -4.14. The van der Waals surface area contributed by atoms with Gasteiger partial charge in [0.1, 0.15) is 17.4 Å². The minimum atomic E-state index is -4.98. The van der Waals surface area contributed by atoms with E-state index in [1.54, 1.807) is 36.4 Å². The number of rotatable bonds is 11. The number of carbonyl (C=O) groups excluding carboxylic acids is 1. The Morgan fingerprint density at radius 1 is 1.09 bits per heavy atom. The molecule has 0 saturated carbocycles. The molecule has 9 nitrogen and oxygen atoms in total. The Bertz CT molecular complexity index is 1830. The molecule has 4 aromatic rings. The maximum Gasteiger partial charge on any atom is 0.419 e. The van der Waals surface area contributed by atoms with Gasteiger partial charge in [0.15, 0.2) is 15.5 Å². The largest absolute Gasteiger partial charge is 0.494 e. The molecule has 1 amide bonds. The van der Waals surface area contributed by atoms with Crippen LogP contribution in [0.1, 0.15) is 43.8 Å². The Morgan fingerprint density at radius 3 is 2.43 bits per heavy atom. The zero-order valence-electron chi connectivity index (χ0n) is 24.1. The van der Waals surface area contributed by atoms with Crippen molar-refractivity contribution in [3.05, 3.63) is 93.9 Å². The van der Waals surface area contributed by atoms with Crippen LogP contribution < -0.4 is 10.3 Å². The number of hydrogen-bond acceptors (Lipinski definition) is 7. The number of alkyl halides is 3. The predicted octanol–water partition coefficient (Wildman–Crippen LogP) is 4.90. The molecule has 14 heteroatoms. The number of nitrogens with zero attached hydrogens (tertiary/aromatic N) is 4. The average Bonchev–Trinajstić information content (AvgIpc) is 2.98. The third kappa shape index (κ3) is 7.24. The first-order valence-electron chi connectivity index (χ1n) is 13.7. The molecule has 0 saturated heterocycles. The SMILES string of the molecule is CCOc1ccc(-n2c([C@H](C)N(CCS(=O)(=O)CC)C(=O)Cc3ccc(F)c(C(F)(F)F)c3)nc3ncccc3c2=O)cc1. The van der Waals surface area contributed by atoms with E-state index in [-0.39, 0.29) is 34.7 Å². The van der Waals surface area contributed by atoms with E-state index in [9.17, 15) is 35.6 Å². The Balaban J connectivity index is 1.83. The van der Waals surface area contributed by atoms with Gasteiger partial charge in [-0.05, 0) is 67.9 Å². The quantitative estimate of drug-likeness (QED) is 0.216. The molecule has 0 bridgehead atoms. The van der Waals surface area contributed by atoms with E-state index in [1.165, 1.54) is 24.6 Å². The van der Waals surface area contributed by atoms with Crippen molar-refractivity contribution in [2.75, 3.05) is 24.7 Å². The highest BCUT2D eigenvalue weighted by molar-refractivity contribution is 7.91. The fourth-order valence-electron chi connectivity index (χ4n) is 4.66. The minimum Gasteiger partial charge on any atom is -0.494 e. The van der Waals surface area contributed by atoms with Gasteiger partial charge in [-0.3, -0.25) is 14.2 Å². The molecular formula is C30H30F4N4O5S. The second-order valence-corrected chi connectivity index (χ2v) is 12.4. The van der Waals surface area contributed by atoms with Crippen LogP contribution in [-0.2, 0) is 27.2 Å². The summed E-state index contributed by atoms with van der Waals surface area (Å²) in [4.78, 5) is 37.4. The lowest BCUT2D eigenvalue weighted by Crippen LogP contribution is -2.41. The Hall–Kier alpha value is -4.33. The lowest BCUT2D eigenvalue weighted by atomic mass is 10.1. The summed E-state index contributed by atoms with van der Waals surface area (Å²) in [5.41, 5.74) is -1.70. The van der Waals surface area contributed by atoms with Crippen molar-refractivity contribution in [2.45, 2.75) is 39.4 Å². The van der Waals surface area contributed by atoms with E-state index in [1.807, 2.05) is 6.92 Å². The van der Waals surface area contributed by atoms with Crippen LogP contribution in [0.4, 0.5) is 17.6 Å². The predicted molar refractivity (Wildman–Crippen MR) is 156 cm³/mol. The first-order valence-corrected chi connectivity index (χ1v) is 15.5. The number of pyridine rings is 1. The number of ether oxygens (including phenoxy) is 1. The van der Waals surface area contributed by atoms with Crippen molar-refractivity contribution in [1.29, 1.82) is 0 Å². The van der Waals surface area contributed by atoms with Crippen molar-refractivity contribution < 1.29 is 35.5 Å². The monoisotopic (exact) mass is 634 g/mol. The molecule has 0 aliphatic heterocycles. The summed E-state index contributed by atoms with van der Waals surface area (Å²) in [5, 5.41) is 0.190. The number of hydrogen-bond donors (Lipinski definition) is 0. The summed E-state index contributed by atoms with van der Waals surface area (Å²) in [6.45, 7) is 4.87. The van der Waals surface area contributed by atoms with Gasteiger partial charge >= 0.3 is 6.18 Å². The number of benzene rings is 2. The average molecular weight is 635 g/mol. The first kappa shape index (κ1) is 32.6. The summed E-state index contributed by atoms with van der Waals surface area (Å²) < 4.78 is 85.6. The molecule has 0 fully saturated rings. The van der Waals surface area contributed by atoms with Crippen LogP contribution in [0.15, 0.2) is 65.6 Å². The number of carbonyl (C=O) groups is 1. The van der Waals surface area contributed by atoms with Crippen molar-refractivity contribution in [3.8, 4) is 11.4 Å². The van der Waals surface area contributed by atoms with Gasteiger partial charge < -0.3 is 9.64 Å². The maximum absolute atomic E-state index is 13.9. The molecule has 4 rings (SSSR count). The van der Waals surface area contributed by atoms with Gasteiger partial charge in [-0.2, -0.15) is 13.2 Å². The minimum absolute atomic E-state index is 0.0442. The summed E-state index contributed by atoms with van der Waals surface area (Å²) in [5.74, 6) is -2.30. The fraction of sp³-hybridized carbons (Fsp3) is 0.333. The molecule has 0 spiro atoms. The molecule has 0 aliphatic carbocycles. The topological polar surface area (TPSA) is 111 Å². The zero-order valence-corrected chi connectivity index (χ0v) is 25.0. The third-order valence-electron chi connectivity index (χ3n) is 7.01. The lowest BCUT2D eigenvalue weighted by molar-refractivity contribution is -0.140. The van der Waals surface area contributed by atoms with E-state index >= 15 is 0 Å². The highest BCUT2D eigenvalue weighted by Crippen LogP contribution is 2.32. The number of fused-ring (bicyclic) bond motifs is 1. The Kier molecular flexibility index (Phi) is 9.72. The molecule has 2 aromatic heterocycles. The van der Waals surface area contributed by atoms with E-state index in [0.29, 0.717) is 30.2 Å². The van der Waals surface area contributed by atoms with E-state index in [0.717, 1.165) is 11.0 Å². The molecule has 234 valence electrons. The van der Waals surface area contributed by atoms with Crippen molar-refractivity contribution in [1.82, 2.24) is 19.4 Å². The highest BCUT2D eigenvalue weighted by atomic mass is 32.2. The second kappa shape index (κ2) is 13.1. The highest BCUT2D eigenvalue weighted by Gasteiger charge is 2.35. The van der Waals surface area contributed by atoms with Gasteiger partial charge in [0.25, 0.3) is 5.56 Å². The van der Waals surface area contributed by atoms with Crippen molar-refractivity contribution >= 4 is 26.8 Å². The van der Waals surface area contributed by atoms with Crippen LogP contribution in [0.3, 0.4) is 0 Å². The fourth-order valence-corrected chi connectivity index (χ4v) is 5.42. The number of sulfone groups is 1. The first-order chi connectivity index (χ1) is 20.8. The van der Waals surface area contributed by atoms with Crippen LogP contribution in [0.5, 0.6) is 5.75 Å². The van der Waals surface area contributed by atoms with E-state index in [2.05, 4.69) is 9.97 Å². The standard InChI is InChI=1S/C30H30F4N4O5S/c1-4-43-22-11-9-21(10-12-22)38-28(36-27-23(29(38)40)7-6-14-35-27)19(3)37(15-16-44(41,42)5-2)26(39)18-20-8-13-25(31)24(17-20)30(32,33)34/h6-14,17,19H,4-5,15-16,18H2,1-3H3/t19-/m0/s1. The smallest absolute Gasteiger partial charge is 0.419 e. The van der Waals surface area contributed by atoms with Crippen LogP contribution in [0.25, 0.3) is 16.7 Å². The van der Waals surface area contributed by atoms with Crippen molar-refractivity contribution in [2.24, 2.45) is 0 Å². The molecule has 0 radical (unpaired) electrons. The van der Waals surface area contributed by atoms with Gasteiger partial charge in [0, 0.05) is 18.5 Å². The number of aromatic nitrogens is 3. The molecule has 0 aliphatic rings. The molecule has 2 heterocycles. The molecule has 0 unspecified atom stereocenters. The molecular weight excluding hydrogens is 604 g/mol. The Labute approximate surface area is 251 Å². The third-order valence-corrected chi connectivity index (χ3v) is 8.70. The molecule has 0 N–H and O–H groups in total. The molecule has 1 atom stereocenters. The Morgan fingerprint density at radius 2 is 1.80 bits per heavy atom. The van der Waals surface area contributed by atoms with Crippen LogP contribution in [0, 0.1) is 5.82 Å². The summed E-state index contributed by atoms with van der Waals surface area (Å²) in [7, 11) is -3.59. The van der Waals surface area contributed by atoms with Gasteiger partial charge in [-0.25, -0.2) is 22.8 Å². The summed E-state index contributed by atoms with van der Waals surface area (Å²) >= 11 is 0. The second-order valence-electron chi connectivity index (χ2n) is 9.90. The van der Waals surface area contributed by atoms with Crippen molar-refractivity contribution in [3.63, 3.8) is 0 Å². The van der Waals surface area contributed by atoms with E-state index < -0.39 is 57.1 Å². The van der Waals surface area contributed by atoms with Gasteiger partial charge in [-0.15, -0.1) is 0 Å². The normalized spacial score (nSPS) is 12.7. The molecule has 2 aromatic carbocycles. The van der Waals surface area contributed by atoms with Crippen LogP contribution in [0.2, 0.25) is 0 Å². The zero-order chi connectivity index (χ0) is 32.2. The van der Waals surface area contributed by atoms with E-state index in [4.69, 9.17) is 4.74 Å². The molecule has 44 heavy (non-hydrogen) atoms. The van der Waals surface area contributed by atoms with Gasteiger partial charge in [0.05, 0.1) is 41.5 Å². The van der Waals surface area contributed by atoms with Crippen LogP contribution >= 0.6 is 0 Å². The van der Waals surface area contributed by atoms with Gasteiger partial charge in [-0.1, -0.05) is 13.0 Å². The summed E-state index contributed by atoms with van der Waals surface area (Å²) in [6, 6.07) is 10.8. The lowest BCUT2D eigenvalue weighted by Gasteiger charge is -2.30.